The molecule has 0 aliphatic carbocycles. The van der Waals surface area contributed by atoms with Crippen LogP contribution in [0.4, 0.5) is 25.4 Å². The molecule has 0 fully saturated rings. The standard InChI is InChI=1S/C22H22FN5O5/c1-2-32-22(31)28-10-6-5-9-27(28)21(30)25-17-12-18-19(11-16(17)23)33-14-20(29)26(18)13-15-7-3-4-8-24-15/h3-8,11-12H,2,9-10,13-14H2,1H3,(H,25,30). The van der Waals surface area contributed by atoms with Gasteiger partial charge in [-0.05, 0) is 25.1 Å². The molecule has 0 saturated carbocycles. The van der Waals surface area contributed by atoms with Crippen LogP contribution in [0.25, 0.3) is 0 Å². The molecule has 33 heavy (non-hydrogen) atoms. The third-order valence-corrected chi connectivity index (χ3v) is 5.01. The second-order valence-corrected chi connectivity index (χ2v) is 7.15. The highest BCUT2D eigenvalue weighted by Crippen LogP contribution is 2.37. The number of anilines is 2. The number of nitrogens with zero attached hydrogens (tertiary/aromatic N) is 4. The molecule has 2 aliphatic heterocycles. The van der Waals surface area contributed by atoms with Gasteiger partial charge in [0.2, 0.25) is 0 Å². The molecule has 1 aromatic carbocycles. The van der Waals surface area contributed by atoms with E-state index in [-0.39, 0.29) is 50.2 Å². The van der Waals surface area contributed by atoms with E-state index in [1.54, 1.807) is 43.5 Å². The van der Waals surface area contributed by atoms with Crippen LogP contribution < -0.4 is 15.0 Å². The largest absolute Gasteiger partial charge is 0.481 e. The summed E-state index contributed by atoms with van der Waals surface area (Å²) in [7, 11) is 0. The number of ether oxygens (including phenoxy) is 2. The number of fused-ring (bicyclic) bond motifs is 1. The average Bonchev–Trinajstić information content (AvgIpc) is 2.82. The van der Waals surface area contributed by atoms with E-state index in [1.807, 2.05) is 0 Å². The van der Waals surface area contributed by atoms with Crippen LogP contribution in [-0.4, -0.2) is 59.3 Å². The third kappa shape index (κ3) is 4.71. The second-order valence-electron chi connectivity index (χ2n) is 7.15. The van der Waals surface area contributed by atoms with Gasteiger partial charge in [0.25, 0.3) is 5.91 Å². The summed E-state index contributed by atoms with van der Waals surface area (Å²) < 4.78 is 25.2. The van der Waals surface area contributed by atoms with E-state index in [9.17, 15) is 18.8 Å². The summed E-state index contributed by atoms with van der Waals surface area (Å²) >= 11 is 0. The Morgan fingerprint density at radius 2 is 2.00 bits per heavy atom. The van der Waals surface area contributed by atoms with Crippen molar-refractivity contribution >= 4 is 29.4 Å². The number of rotatable bonds is 4. The lowest BCUT2D eigenvalue weighted by molar-refractivity contribution is -0.121. The predicted molar refractivity (Wildman–Crippen MR) is 116 cm³/mol. The molecular formula is C22H22FN5O5. The number of urea groups is 1. The quantitative estimate of drug-likeness (QED) is 0.711. The third-order valence-electron chi connectivity index (χ3n) is 5.01. The fraction of sp³-hybridized carbons (Fsp3) is 0.273. The van der Waals surface area contributed by atoms with Crippen molar-refractivity contribution in [2.24, 2.45) is 0 Å². The van der Waals surface area contributed by atoms with E-state index in [0.717, 1.165) is 16.1 Å². The smallest absolute Gasteiger partial charge is 0.429 e. The van der Waals surface area contributed by atoms with Gasteiger partial charge in [0, 0.05) is 12.3 Å². The number of amides is 4. The van der Waals surface area contributed by atoms with E-state index >= 15 is 0 Å². The Labute approximate surface area is 189 Å². The molecule has 3 heterocycles. The minimum Gasteiger partial charge on any atom is -0.481 e. The number of benzene rings is 1. The summed E-state index contributed by atoms with van der Waals surface area (Å²) in [4.78, 5) is 43.2. The number of nitrogens with one attached hydrogen (secondary N) is 1. The molecule has 1 aromatic heterocycles. The minimum absolute atomic E-state index is 0.102. The number of hydrogen-bond acceptors (Lipinski definition) is 6. The molecule has 0 atom stereocenters. The van der Waals surface area contributed by atoms with Gasteiger partial charge < -0.3 is 14.8 Å². The maximum Gasteiger partial charge on any atom is 0.429 e. The van der Waals surface area contributed by atoms with Crippen molar-refractivity contribution in [2.45, 2.75) is 13.5 Å². The predicted octanol–water partition coefficient (Wildman–Crippen LogP) is 2.92. The van der Waals surface area contributed by atoms with E-state index in [2.05, 4.69) is 10.3 Å². The number of carbonyl (C=O) groups excluding carboxylic acids is 3. The molecule has 4 amide bonds. The Bertz CT molecular complexity index is 1090. The van der Waals surface area contributed by atoms with Crippen LogP contribution >= 0.6 is 0 Å². The van der Waals surface area contributed by atoms with Gasteiger partial charge in [-0.3, -0.25) is 14.7 Å². The minimum atomic E-state index is -0.746. The molecule has 2 aliphatic rings. The zero-order chi connectivity index (χ0) is 23.4. The van der Waals surface area contributed by atoms with Crippen LogP contribution in [0.5, 0.6) is 5.75 Å². The van der Waals surface area contributed by atoms with Gasteiger partial charge in [-0.15, -0.1) is 0 Å². The van der Waals surface area contributed by atoms with Crippen LogP contribution in [0.1, 0.15) is 12.6 Å². The molecule has 0 saturated heterocycles. The number of carbonyl (C=O) groups is 3. The lowest BCUT2D eigenvalue weighted by atomic mass is 10.2. The zero-order valence-electron chi connectivity index (χ0n) is 17.9. The van der Waals surface area contributed by atoms with Crippen molar-refractivity contribution in [1.82, 2.24) is 15.0 Å². The Morgan fingerprint density at radius 1 is 1.21 bits per heavy atom. The molecule has 2 aromatic rings. The molecule has 172 valence electrons. The summed E-state index contributed by atoms with van der Waals surface area (Å²) in [6, 6.07) is 7.04. The molecule has 11 heteroatoms. The van der Waals surface area contributed by atoms with Crippen molar-refractivity contribution < 1.29 is 28.2 Å². The molecule has 0 bridgehead atoms. The topological polar surface area (TPSA) is 104 Å². The van der Waals surface area contributed by atoms with Crippen molar-refractivity contribution in [3.05, 3.63) is 60.2 Å². The van der Waals surface area contributed by atoms with Gasteiger partial charge in [0.15, 0.2) is 12.4 Å². The lowest BCUT2D eigenvalue weighted by Gasteiger charge is -2.35. The number of pyridine rings is 1. The number of hydrogen-bond donors (Lipinski definition) is 1. The summed E-state index contributed by atoms with van der Waals surface area (Å²) in [6.45, 7) is 1.96. The molecule has 4 rings (SSSR count). The van der Waals surface area contributed by atoms with Crippen LogP contribution in [0.2, 0.25) is 0 Å². The van der Waals surface area contributed by atoms with Crippen LogP contribution in [0.3, 0.4) is 0 Å². The fourth-order valence-corrected chi connectivity index (χ4v) is 3.43. The summed E-state index contributed by atoms with van der Waals surface area (Å²) in [5.74, 6) is -0.897. The number of hydrazine groups is 1. The van der Waals surface area contributed by atoms with Gasteiger partial charge >= 0.3 is 12.1 Å². The van der Waals surface area contributed by atoms with Crippen molar-refractivity contribution in [2.75, 3.05) is 36.5 Å². The highest BCUT2D eigenvalue weighted by atomic mass is 19.1. The van der Waals surface area contributed by atoms with Crippen LogP contribution in [0.15, 0.2) is 48.7 Å². The van der Waals surface area contributed by atoms with Gasteiger partial charge in [-0.1, -0.05) is 18.2 Å². The first-order valence-electron chi connectivity index (χ1n) is 10.3. The first-order chi connectivity index (χ1) is 16.0. The van der Waals surface area contributed by atoms with E-state index in [4.69, 9.17) is 9.47 Å². The Morgan fingerprint density at radius 3 is 2.73 bits per heavy atom. The summed E-state index contributed by atoms with van der Waals surface area (Å²) in [5.41, 5.74) is 0.773. The van der Waals surface area contributed by atoms with Crippen molar-refractivity contribution in [3.8, 4) is 5.75 Å². The zero-order valence-corrected chi connectivity index (χ0v) is 17.9. The second kappa shape index (κ2) is 9.55. The van der Waals surface area contributed by atoms with Gasteiger partial charge in [0.05, 0.1) is 43.3 Å². The molecule has 0 radical (unpaired) electrons. The average molecular weight is 455 g/mol. The van der Waals surface area contributed by atoms with Crippen molar-refractivity contribution in [1.29, 1.82) is 0 Å². The SMILES string of the molecule is CCOC(=O)N1CC=CCN1C(=O)Nc1cc2c(cc1F)OCC(=O)N2Cc1ccccn1. The van der Waals surface area contributed by atoms with Crippen LogP contribution in [0, 0.1) is 5.82 Å². The van der Waals surface area contributed by atoms with Gasteiger partial charge in [-0.2, -0.15) is 0 Å². The maximum absolute atomic E-state index is 14.8. The maximum atomic E-state index is 14.8. The lowest BCUT2D eigenvalue weighted by Crippen LogP contribution is -2.53. The molecule has 10 nitrogen and oxygen atoms in total. The summed E-state index contributed by atoms with van der Waals surface area (Å²) in [5, 5.41) is 4.71. The van der Waals surface area contributed by atoms with E-state index in [1.165, 1.54) is 11.0 Å². The van der Waals surface area contributed by atoms with E-state index < -0.39 is 17.9 Å². The first-order valence-corrected chi connectivity index (χ1v) is 10.3. The molecule has 0 spiro atoms. The summed E-state index contributed by atoms with van der Waals surface area (Å²) in [6.07, 6.45) is 4.35. The first kappa shape index (κ1) is 22.1. The molecule has 0 unspecified atom stereocenters. The Hall–Kier alpha value is -4.15. The molecular weight excluding hydrogens is 433 g/mol. The van der Waals surface area contributed by atoms with Gasteiger partial charge in [0.1, 0.15) is 5.75 Å². The number of aromatic nitrogens is 1. The highest BCUT2D eigenvalue weighted by Gasteiger charge is 2.31. The normalized spacial score (nSPS) is 15.1. The van der Waals surface area contributed by atoms with Crippen LogP contribution in [-0.2, 0) is 16.1 Å². The van der Waals surface area contributed by atoms with Gasteiger partial charge in [-0.25, -0.2) is 24.0 Å². The fourth-order valence-electron chi connectivity index (χ4n) is 3.43. The van der Waals surface area contributed by atoms with E-state index in [0.29, 0.717) is 11.4 Å². The Balaban J connectivity index is 1.59. The highest BCUT2D eigenvalue weighted by molar-refractivity contribution is 5.99. The number of halogens is 1. The monoisotopic (exact) mass is 455 g/mol. The Kier molecular flexibility index (Phi) is 6.38. The van der Waals surface area contributed by atoms with Crippen molar-refractivity contribution in [3.63, 3.8) is 0 Å². The molecule has 1 N–H and O–H groups in total.